The molecule has 0 N–H and O–H groups in total. The third kappa shape index (κ3) is 11.5. The van der Waals surface area contributed by atoms with E-state index >= 15 is 0 Å². The number of azo groups is 1. The summed E-state index contributed by atoms with van der Waals surface area (Å²) in [5, 5.41) is 9.67. The molecule has 0 saturated heterocycles. The van der Waals surface area contributed by atoms with Crippen molar-refractivity contribution in [1.29, 1.82) is 0 Å². The zero-order valence-electron chi connectivity index (χ0n) is 35.9. The molecule has 2 heterocycles. The van der Waals surface area contributed by atoms with Crippen LogP contribution in [0.15, 0.2) is 180 Å². The average molecular weight is 792 g/mol. The fourth-order valence-corrected chi connectivity index (χ4v) is 7.81. The molecule has 0 fully saturated rings. The molecule has 0 aliphatic carbocycles. The molecule has 5 heteroatoms. The molecular weight excluding hydrogens is 731 g/mol. The van der Waals surface area contributed by atoms with Crippen LogP contribution in [0.5, 0.6) is 0 Å². The lowest BCUT2D eigenvalue weighted by molar-refractivity contribution is -0.596. The molecule has 5 aromatic carbocycles. The van der Waals surface area contributed by atoms with Crippen LogP contribution in [0.3, 0.4) is 0 Å². The minimum atomic E-state index is 0.760. The van der Waals surface area contributed by atoms with Crippen molar-refractivity contribution in [2.45, 2.75) is 91.5 Å². The van der Waals surface area contributed by atoms with Gasteiger partial charge in [0, 0.05) is 49.1 Å². The second kappa shape index (κ2) is 21.7. The van der Waals surface area contributed by atoms with Gasteiger partial charge in [-0.2, -0.15) is 9.13 Å². The monoisotopic (exact) mass is 791 g/mol. The number of benzene rings is 5. The molecule has 7 rings (SSSR count). The number of nitrogens with zero attached hydrogens (tertiary/aromatic N) is 5. The van der Waals surface area contributed by atoms with Crippen molar-refractivity contribution < 1.29 is 9.13 Å². The highest BCUT2D eigenvalue weighted by Crippen LogP contribution is 2.27. The second-order valence-electron chi connectivity index (χ2n) is 15.9. The van der Waals surface area contributed by atoms with E-state index < -0.39 is 0 Å². The number of pyridine rings is 2. The number of unbranched alkanes of at least 4 members (excludes halogenated alkanes) is 6. The van der Waals surface area contributed by atoms with Gasteiger partial charge in [0.15, 0.2) is 12.4 Å². The van der Waals surface area contributed by atoms with Crippen molar-refractivity contribution in [2.75, 3.05) is 11.4 Å². The lowest BCUT2D eigenvalue weighted by Gasteiger charge is -2.23. The highest BCUT2D eigenvalue weighted by atomic mass is 15.2. The van der Waals surface area contributed by atoms with E-state index in [2.05, 4.69) is 205 Å². The highest BCUT2D eigenvalue weighted by Gasteiger charge is 2.17. The van der Waals surface area contributed by atoms with Crippen LogP contribution in [-0.4, -0.2) is 6.54 Å². The molecule has 2 aromatic heterocycles. The van der Waals surface area contributed by atoms with E-state index in [1.807, 2.05) is 0 Å². The van der Waals surface area contributed by atoms with Crippen LogP contribution in [0, 0.1) is 0 Å². The molecule has 60 heavy (non-hydrogen) atoms. The molecule has 7 aromatic rings. The van der Waals surface area contributed by atoms with Crippen molar-refractivity contribution >= 4 is 17.2 Å². The lowest BCUT2D eigenvalue weighted by Crippen LogP contribution is -2.32. The Hall–Kier alpha value is -6.20. The molecule has 304 valence electrons. The number of aromatic nitrogens is 2. The van der Waals surface area contributed by atoms with Gasteiger partial charge in [-0.3, -0.25) is 0 Å². The molecule has 0 spiro atoms. The molecule has 0 aliphatic rings. The van der Waals surface area contributed by atoms with Crippen LogP contribution in [-0.2, 0) is 19.4 Å². The Bertz CT molecular complexity index is 2370. The summed E-state index contributed by atoms with van der Waals surface area (Å²) in [7, 11) is 0. The topological polar surface area (TPSA) is 35.7 Å². The van der Waals surface area contributed by atoms with Gasteiger partial charge < -0.3 is 4.90 Å². The summed E-state index contributed by atoms with van der Waals surface area (Å²) < 4.78 is 4.29. The van der Waals surface area contributed by atoms with E-state index in [9.17, 15) is 0 Å². The zero-order chi connectivity index (χ0) is 41.4. The average Bonchev–Trinajstić information content (AvgIpc) is 3.31. The SMILES string of the molecule is CCCCCCc1ccc(-c2cc[n+](-c3ccc(-[n+]4ccc(-c5ccc(CCCCCC)cc5)cc4N=Nc4ccc(N(CC)Cc5ccccc5)cc4)cc3)cc2)cc1. The number of rotatable bonds is 20. The normalized spacial score (nSPS) is 11.3. The van der Waals surface area contributed by atoms with E-state index in [-0.39, 0.29) is 0 Å². The first-order valence-electron chi connectivity index (χ1n) is 22.3. The summed E-state index contributed by atoms with van der Waals surface area (Å²) in [6.07, 6.45) is 19.0. The molecular formula is C55H61N5+2. The fourth-order valence-electron chi connectivity index (χ4n) is 7.81. The third-order valence-electron chi connectivity index (χ3n) is 11.5. The van der Waals surface area contributed by atoms with Crippen LogP contribution in [0.4, 0.5) is 17.2 Å². The third-order valence-corrected chi connectivity index (χ3v) is 11.5. The van der Waals surface area contributed by atoms with Crippen molar-refractivity contribution in [1.82, 2.24) is 0 Å². The second-order valence-corrected chi connectivity index (χ2v) is 15.9. The molecule has 0 saturated carbocycles. The molecule has 0 aliphatic heterocycles. The van der Waals surface area contributed by atoms with Crippen molar-refractivity contribution in [3.63, 3.8) is 0 Å². The van der Waals surface area contributed by atoms with Gasteiger partial charge in [0.25, 0.3) is 0 Å². The van der Waals surface area contributed by atoms with E-state index in [1.165, 1.54) is 90.4 Å². The number of hydrogen-bond acceptors (Lipinski definition) is 3. The van der Waals surface area contributed by atoms with Gasteiger partial charge in [-0.15, -0.1) is 0 Å². The molecule has 0 atom stereocenters. The Morgan fingerprint density at radius 1 is 0.450 bits per heavy atom. The minimum absolute atomic E-state index is 0.760. The van der Waals surface area contributed by atoms with Gasteiger partial charge in [-0.1, -0.05) is 131 Å². The van der Waals surface area contributed by atoms with Gasteiger partial charge in [0.1, 0.15) is 11.4 Å². The zero-order valence-corrected chi connectivity index (χ0v) is 35.9. The Morgan fingerprint density at radius 2 is 1.00 bits per heavy atom. The smallest absolute Gasteiger partial charge is 0.356 e. The van der Waals surface area contributed by atoms with Crippen molar-refractivity contribution in [2.24, 2.45) is 10.2 Å². The van der Waals surface area contributed by atoms with Crippen LogP contribution >= 0.6 is 0 Å². The number of aryl methyl sites for hydroxylation is 2. The fraction of sp³-hybridized carbons (Fsp3) is 0.273. The van der Waals surface area contributed by atoms with E-state index in [4.69, 9.17) is 10.2 Å². The summed E-state index contributed by atoms with van der Waals surface area (Å²) in [6, 6.07) is 54.5. The number of hydrogen-bond donors (Lipinski definition) is 0. The predicted octanol–water partition coefficient (Wildman–Crippen LogP) is 14.3. The van der Waals surface area contributed by atoms with Crippen LogP contribution in [0.25, 0.3) is 33.6 Å². The Kier molecular flexibility index (Phi) is 15.2. The Morgan fingerprint density at radius 3 is 1.58 bits per heavy atom. The summed E-state index contributed by atoms with van der Waals surface area (Å²) in [5.41, 5.74) is 13.0. The maximum atomic E-state index is 4.89. The quantitative estimate of drug-likeness (QED) is 0.0430. The maximum Gasteiger partial charge on any atom is 0.356 e. The lowest BCUT2D eigenvalue weighted by atomic mass is 10.0. The molecule has 0 amide bonds. The van der Waals surface area contributed by atoms with Crippen molar-refractivity contribution in [3.8, 4) is 33.6 Å². The van der Waals surface area contributed by atoms with Crippen LogP contribution in [0.2, 0.25) is 0 Å². The largest absolute Gasteiger partial charge is 0.367 e. The number of anilines is 1. The van der Waals surface area contributed by atoms with Crippen LogP contribution < -0.4 is 14.0 Å². The van der Waals surface area contributed by atoms with E-state index in [0.717, 1.165) is 54.4 Å². The molecule has 0 bridgehead atoms. The summed E-state index contributed by atoms with van der Waals surface area (Å²) in [5.74, 6) is 0.760. The summed E-state index contributed by atoms with van der Waals surface area (Å²) in [6.45, 7) is 8.50. The van der Waals surface area contributed by atoms with Crippen molar-refractivity contribution in [3.05, 3.63) is 187 Å². The first-order valence-corrected chi connectivity index (χ1v) is 22.3. The molecule has 0 unspecified atom stereocenters. The predicted molar refractivity (Wildman–Crippen MR) is 250 cm³/mol. The highest BCUT2D eigenvalue weighted by molar-refractivity contribution is 5.65. The van der Waals surface area contributed by atoms with Gasteiger partial charge in [0.05, 0.1) is 11.3 Å². The minimum Gasteiger partial charge on any atom is -0.367 e. The Balaban J connectivity index is 1.10. The molecule has 0 radical (unpaired) electrons. The van der Waals surface area contributed by atoms with Gasteiger partial charge in [-0.25, -0.2) is 0 Å². The van der Waals surface area contributed by atoms with E-state index in [1.54, 1.807) is 0 Å². The molecule has 5 nitrogen and oxygen atoms in total. The first-order chi connectivity index (χ1) is 29.6. The van der Waals surface area contributed by atoms with Crippen LogP contribution in [0.1, 0.15) is 88.8 Å². The van der Waals surface area contributed by atoms with Gasteiger partial charge in [-0.05, 0) is 119 Å². The van der Waals surface area contributed by atoms with Gasteiger partial charge in [0.2, 0.25) is 5.69 Å². The van der Waals surface area contributed by atoms with E-state index in [0.29, 0.717) is 0 Å². The first kappa shape index (κ1) is 41.9. The summed E-state index contributed by atoms with van der Waals surface area (Å²) >= 11 is 0. The summed E-state index contributed by atoms with van der Waals surface area (Å²) in [4.78, 5) is 2.37. The standard InChI is InChI=1S/C55H61N5/c1-4-7-9-12-16-44-20-24-47(25-21-44)49-36-39-59(40-37-49)53-32-34-54(35-33-53)60-41-38-50(48-26-22-45(23-27-48)17-13-10-8-5-2)42-55(60)57-56-51-28-30-52(31-29-51)58(6-3)43-46-18-14-11-15-19-46/h11,14-15,18-42H,4-10,12-13,16-17,43H2,1-3H3/q+2. The maximum absolute atomic E-state index is 4.89. The Labute approximate surface area is 358 Å². The van der Waals surface area contributed by atoms with Gasteiger partial charge >= 0.3 is 5.82 Å².